The summed E-state index contributed by atoms with van der Waals surface area (Å²) in [5.74, 6) is 1.59. The fourth-order valence-electron chi connectivity index (χ4n) is 1.79. The summed E-state index contributed by atoms with van der Waals surface area (Å²) < 4.78 is 0. The summed E-state index contributed by atoms with van der Waals surface area (Å²) in [5, 5.41) is 11.6. The van der Waals surface area contributed by atoms with Gasteiger partial charge in [0.25, 0.3) is 0 Å². The SMILES string of the molecule is C#CC(C)NC(=O)N1CCN(C(C)C(=O)O)CC1. The van der Waals surface area contributed by atoms with E-state index in [0.717, 1.165) is 0 Å². The molecule has 1 aliphatic heterocycles. The van der Waals surface area contributed by atoms with E-state index in [1.54, 1.807) is 18.7 Å². The van der Waals surface area contributed by atoms with Crippen molar-refractivity contribution in [1.29, 1.82) is 0 Å². The summed E-state index contributed by atoms with van der Waals surface area (Å²) in [6.45, 7) is 5.54. The number of piperazine rings is 1. The monoisotopic (exact) mass is 253 g/mol. The topological polar surface area (TPSA) is 72.9 Å². The van der Waals surface area contributed by atoms with Crippen LogP contribution in [-0.4, -0.2) is 65.2 Å². The van der Waals surface area contributed by atoms with Crippen molar-refractivity contribution >= 4 is 12.0 Å². The number of rotatable bonds is 3. The van der Waals surface area contributed by atoms with E-state index in [-0.39, 0.29) is 12.1 Å². The van der Waals surface area contributed by atoms with Gasteiger partial charge >= 0.3 is 12.0 Å². The number of carboxylic acid groups (broad SMARTS) is 1. The molecule has 2 atom stereocenters. The van der Waals surface area contributed by atoms with Crippen LogP contribution in [0.2, 0.25) is 0 Å². The van der Waals surface area contributed by atoms with Gasteiger partial charge in [-0.15, -0.1) is 6.42 Å². The Kier molecular flexibility index (Phi) is 4.98. The second kappa shape index (κ2) is 6.26. The Balaban J connectivity index is 2.42. The fourth-order valence-corrected chi connectivity index (χ4v) is 1.79. The van der Waals surface area contributed by atoms with Gasteiger partial charge in [0.15, 0.2) is 0 Å². The fraction of sp³-hybridized carbons (Fsp3) is 0.667. The molecule has 18 heavy (non-hydrogen) atoms. The maximum atomic E-state index is 11.8. The van der Waals surface area contributed by atoms with E-state index in [2.05, 4.69) is 11.2 Å². The van der Waals surface area contributed by atoms with Crippen molar-refractivity contribution < 1.29 is 14.7 Å². The Bertz CT molecular complexity index is 356. The molecule has 6 nitrogen and oxygen atoms in total. The summed E-state index contributed by atoms with van der Waals surface area (Å²) in [6, 6.07) is -1.00. The van der Waals surface area contributed by atoms with Gasteiger partial charge in [0.05, 0.1) is 6.04 Å². The molecule has 0 saturated carbocycles. The van der Waals surface area contributed by atoms with Gasteiger partial charge in [0.2, 0.25) is 0 Å². The van der Waals surface area contributed by atoms with Crippen molar-refractivity contribution in [2.24, 2.45) is 0 Å². The summed E-state index contributed by atoms with van der Waals surface area (Å²) in [6.07, 6.45) is 5.19. The summed E-state index contributed by atoms with van der Waals surface area (Å²) in [4.78, 5) is 26.1. The molecule has 0 aliphatic carbocycles. The number of hydrogen-bond acceptors (Lipinski definition) is 3. The van der Waals surface area contributed by atoms with Gasteiger partial charge in [-0.2, -0.15) is 0 Å². The molecule has 1 saturated heterocycles. The van der Waals surface area contributed by atoms with Gasteiger partial charge in [-0.05, 0) is 13.8 Å². The van der Waals surface area contributed by atoms with Crippen molar-refractivity contribution in [3.8, 4) is 12.3 Å². The van der Waals surface area contributed by atoms with E-state index in [9.17, 15) is 9.59 Å². The van der Waals surface area contributed by atoms with E-state index in [1.165, 1.54) is 0 Å². The number of nitrogens with one attached hydrogen (secondary N) is 1. The largest absolute Gasteiger partial charge is 0.480 e. The Morgan fingerprint density at radius 3 is 2.28 bits per heavy atom. The predicted molar refractivity (Wildman–Crippen MR) is 67.1 cm³/mol. The molecule has 1 fully saturated rings. The maximum Gasteiger partial charge on any atom is 0.320 e. The van der Waals surface area contributed by atoms with E-state index in [0.29, 0.717) is 26.2 Å². The van der Waals surface area contributed by atoms with Crippen molar-refractivity contribution in [2.45, 2.75) is 25.9 Å². The van der Waals surface area contributed by atoms with Crippen LogP contribution in [0.5, 0.6) is 0 Å². The molecule has 1 rings (SSSR count). The van der Waals surface area contributed by atoms with Crippen LogP contribution in [0.1, 0.15) is 13.8 Å². The first-order chi connectivity index (χ1) is 8.45. The Hall–Kier alpha value is -1.74. The van der Waals surface area contributed by atoms with Crippen LogP contribution < -0.4 is 5.32 Å². The number of nitrogens with zero attached hydrogens (tertiary/aromatic N) is 2. The highest BCUT2D eigenvalue weighted by Crippen LogP contribution is 2.06. The molecule has 0 spiro atoms. The van der Waals surface area contributed by atoms with Crippen LogP contribution in [0.25, 0.3) is 0 Å². The first-order valence-corrected chi connectivity index (χ1v) is 5.94. The number of carboxylic acids is 1. The number of aliphatic carboxylic acids is 1. The molecular formula is C12H19N3O3. The lowest BCUT2D eigenvalue weighted by molar-refractivity contribution is -0.143. The molecule has 2 amide bonds. The normalized spacial score (nSPS) is 19.7. The molecule has 1 aliphatic rings. The number of urea groups is 1. The zero-order chi connectivity index (χ0) is 13.7. The summed E-state index contributed by atoms with van der Waals surface area (Å²) >= 11 is 0. The Labute approximate surface area is 107 Å². The molecule has 0 aromatic heterocycles. The third-order valence-corrected chi connectivity index (χ3v) is 3.10. The number of carbonyl (C=O) groups excluding carboxylic acids is 1. The average molecular weight is 253 g/mol. The lowest BCUT2D eigenvalue weighted by atomic mass is 10.2. The third kappa shape index (κ3) is 3.64. The molecule has 0 aromatic carbocycles. The van der Waals surface area contributed by atoms with Crippen molar-refractivity contribution in [1.82, 2.24) is 15.1 Å². The second-order valence-corrected chi connectivity index (χ2v) is 4.38. The zero-order valence-electron chi connectivity index (χ0n) is 10.7. The summed E-state index contributed by atoms with van der Waals surface area (Å²) in [5.41, 5.74) is 0. The van der Waals surface area contributed by atoms with Crippen LogP contribution in [0.3, 0.4) is 0 Å². The predicted octanol–water partition coefficient (Wildman–Crippen LogP) is -0.192. The van der Waals surface area contributed by atoms with E-state index < -0.39 is 12.0 Å². The Morgan fingerprint density at radius 1 is 1.28 bits per heavy atom. The van der Waals surface area contributed by atoms with Crippen molar-refractivity contribution in [2.75, 3.05) is 26.2 Å². The molecule has 2 N–H and O–H groups in total. The highest BCUT2D eigenvalue weighted by molar-refractivity contribution is 5.75. The van der Waals surface area contributed by atoms with Crippen molar-refractivity contribution in [3.63, 3.8) is 0 Å². The van der Waals surface area contributed by atoms with Crippen LogP contribution in [0.15, 0.2) is 0 Å². The molecular weight excluding hydrogens is 234 g/mol. The lowest BCUT2D eigenvalue weighted by Crippen LogP contribution is -2.55. The van der Waals surface area contributed by atoms with E-state index in [1.807, 2.05) is 4.90 Å². The number of amides is 2. The van der Waals surface area contributed by atoms with Crippen LogP contribution in [-0.2, 0) is 4.79 Å². The molecule has 1 heterocycles. The van der Waals surface area contributed by atoms with Gasteiger partial charge in [0, 0.05) is 26.2 Å². The highest BCUT2D eigenvalue weighted by Gasteiger charge is 2.27. The molecule has 100 valence electrons. The minimum Gasteiger partial charge on any atom is -0.480 e. The first kappa shape index (κ1) is 14.3. The smallest absolute Gasteiger partial charge is 0.320 e. The van der Waals surface area contributed by atoms with Crippen LogP contribution >= 0.6 is 0 Å². The first-order valence-electron chi connectivity index (χ1n) is 5.94. The number of carbonyl (C=O) groups is 2. The highest BCUT2D eigenvalue weighted by atomic mass is 16.4. The van der Waals surface area contributed by atoms with Crippen LogP contribution in [0.4, 0.5) is 4.79 Å². The maximum absolute atomic E-state index is 11.8. The lowest BCUT2D eigenvalue weighted by Gasteiger charge is -2.36. The van der Waals surface area contributed by atoms with Gasteiger partial charge in [-0.25, -0.2) is 4.79 Å². The molecule has 0 radical (unpaired) electrons. The van der Waals surface area contributed by atoms with Gasteiger partial charge in [-0.3, -0.25) is 9.69 Å². The van der Waals surface area contributed by atoms with Gasteiger partial charge in [0.1, 0.15) is 6.04 Å². The molecule has 0 aromatic rings. The minimum atomic E-state index is -0.839. The van der Waals surface area contributed by atoms with Crippen molar-refractivity contribution in [3.05, 3.63) is 0 Å². The quantitative estimate of drug-likeness (QED) is 0.684. The second-order valence-electron chi connectivity index (χ2n) is 4.38. The Morgan fingerprint density at radius 2 is 1.83 bits per heavy atom. The third-order valence-electron chi connectivity index (χ3n) is 3.10. The average Bonchev–Trinajstić information content (AvgIpc) is 2.37. The summed E-state index contributed by atoms with van der Waals surface area (Å²) in [7, 11) is 0. The van der Waals surface area contributed by atoms with Crippen LogP contribution in [0, 0.1) is 12.3 Å². The number of terminal acetylenes is 1. The minimum absolute atomic E-state index is 0.192. The van der Waals surface area contributed by atoms with E-state index in [4.69, 9.17) is 11.5 Å². The molecule has 6 heteroatoms. The van der Waals surface area contributed by atoms with Gasteiger partial charge in [-0.1, -0.05) is 5.92 Å². The molecule has 0 bridgehead atoms. The zero-order valence-corrected chi connectivity index (χ0v) is 10.7. The van der Waals surface area contributed by atoms with Gasteiger partial charge < -0.3 is 15.3 Å². The standard InChI is InChI=1S/C12H19N3O3/c1-4-9(2)13-12(18)15-7-5-14(6-8-15)10(3)11(16)17/h1,9-10H,5-8H2,2-3H3,(H,13,18)(H,16,17). The molecule has 2 unspecified atom stereocenters. The number of hydrogen-bond donors (Lipinski definition) is 2. The van der Waals surface area contributed by atoms with E-state index >= 15 is 0 Å².